The van der Waals surface area contributed by atoms with Crippen LogP contribution < -0.4 is 5.32 Å². The number of carboxylic acids is 1. The molecule has 2 heterocycles. The lowest BCUT2D eigenvalue weighted by atomic mass is 9.99. The van der Waals surface area contributed by atoms with Crippen molar-refractivity contribution in [3.05, 3.63) is 71.9 Å². The van der Waals surface area contributed by atoms with Crippen LogP contribution in [-0.2, 0) is 33.4 Å². The fourth-order valence-corrected chi connectivity index (χ4v) is 5.47. The lowest BCUT2D eigenvalue weighted by molar-refractivity contribution is -0.191. The zero-order valence-corrected chi connectivity index (χ0v) is 20.1. The molecule has 5 rings (SSSR count). The highest BCUT2D eigenvalue weighted by molar-refractivity contribution is 8.01. The van der Waals surface area contributed by atoms with Gasteiger partial charge in [0, 0.05) is 18.9 Å². The number of nitrogens with one attached hydrogen (secondary N) is 1. The Balaban J connectivity index is 0.000000434. The normalized spacial score (nSPS) is 23.4. The van der Waals surface area contributed by atoms with Crippen molar-refractivity contribution in [3.63, 3.8) is 0 Å². The monoisotopic (exact) mass is 510 g/mol. The van der Waals surface area contributed by atoms with Gasteiger partial charge in [-0.05, 0) is 24.1 Å². The molecule has 4 aliphatic rings. The Morgan fingerprint density at radius 2 is 1.81 bits per heavy atom. The van der Waals surface area contributed by atoms with Gasteiger partial charge in [0.05, 0.1) is 10.8 Å². The van der Waals surface area contributed by atoms with Crippen LogP contribution >= 0.6 is 11.8 Å². The van der Waals surface area contributed by atoms with Gasteiger partial charge in [-0.2, -0.15) is 0 Å². The number of Topliss-reactive ketones (excluding diaryl/α,β-unsaturated/α-hetero) is 1. The van der Waals surface area contributed by atoms with Gasteiger partial charge in [-0.25, -0.2) is 4.79 Å². The number of ketones is 1. The fraction of sp³-hybridized carbons (Fsp3) is 0.240. The molecule has 0 saturated carbocycles. The predicted molar refractivity (Wildman–Crippen MR) is 128 cm³/mol. The SMILES string of the molecule is COC1(NC(=O)C(OC=O)c2ccccc2)C(=O)N2C=C(C(=O)O)C(C(C)=O)S[C@@H]21.c1cc2cc-2c1. The standard InChI is InChI=1S/C19H18N2O8S.C6H4/c1-10(23)14-12(16(25)26)8-21-17(27)19(28-2,18(21)30-14)20-15(24)13(29-9-22)11-6-4-3-5-7-11;1-2-5-4-6(5)3-1/h3-9,13-14,18H,1-2H3,(H,20,24)(H,25,26);1-4H/t13?,14?,18-,19?;/m1./s1. The van der Waals surface area contributed by atoms with Crippen LogP contribution in [0.25, 0.3) is 11.1 Å². The van der Waals surface area contributed by atoms with Crippen LogP contribution in [0, 0.1) is 0 Å². The molecule has 1 fully saturated rings. The molecule has 2 aliphatic heterocycles. The molecular weight excluding hydrogens is 488 g/mol. The molecule has 11 heteroatoms. The Hall–Kier alpha value is -3.96. The minimum atomic E-state index is -1.85. The van der Waals surface area contributed by atoms with Gasteiger partial charge in [-0.1, -0.05) is 48.5 Å². The minimum absolute atomic E-state index is 0.120. The van der Waals surface area contributed by atoms with E-state index in [1.54, 1.807) is 30.3 Å². The molecule has 10 nitrogen and oxygen atoms in total. The van der Waals surface area contributed by atoms with Crippen molar-refractivity contribution >= 4 is 41.8 Å². The molecule has 186 valence electrons. The topological polar surface area (TPSA) is 139 Å². The number of aliphatic carboxylic acids is 1. The van der Waals surface area contributed by atoms with E-state index in [0.29, 0.717) is 5.56 Å². The second-order valence-electron chi connectivity index (χ2n) is 8.11. The van der Waals surface area contributed by atoms with E-state index in [1.165, 1.54) is 25.2 Å². The number of fused-ring (bicyclic) bond motifs is 2. The Morgan fingerprint density at radius 3 is 2.28 bits per heavy atom. The number of nitrogens with zero attached hydrogens (tertiary/aromatic N) is 1. The van der Waals surface area contributed by atoms with Crippen molar-refractivity contribution in [1.29, 1.82) is 0 Å². The molecule has 2 aliphatic carbocycles. The van der Waals surface area contributed by atoms with Crippen molar-refractivity contribution in [2.24, 2.45) is 0 Å². The number of carbonyl (C=O) groups is 5. The summed E-state index contributed by atoms with van der Waals surface area (Å²) in [5.74, 6) is -3.27. The zero-order chi connectivity index (χ0) is 26.0. The molecule has 0 spiro atoms. The van der Waals surface area contributed by atoms with E-state index in [9.17, 15) is 29.1 Å². The number of carboxylic acid groups (broad SMARTS) is 1. The summed E-state index contributed by atoms with van der Waals surface area (Å²) in [6.07, 6.45) is -0.252. The molecule has 2 amide bonds. The lowest BCUT2D eigenvalue weighted by Crippen LogP contribution is -2.80. The maximum Gasteiger partial charge on any atom is 0.334 e. The zero-order valence-electron chi connectivity index (χ0n) is 19.2. The van der Waals surface area contributed by atoms with Gasteiger partial charge in [-0.3, -0.25) is 24.1 Å². The summed E-state index contributed by atoms with van der Waals surface area (Å²) in [6, 6.07) is 16.7. The maximum atomic E-state index is 12.9. The molecule has 0 aromatic heterocycles. The summed E-state index contributed by atoms with van der Waals surface area (Å²) in [4.78, 5) is 61.1. The number of hydrogen-bond acceptors (Lipinski definition) is 8. The summed E-state index contributed by atoms with van der Waals surface area (Å²) in [7, 11) is 1.20. The van der Waals surface area contributed by atoms with Crippen LogP contribution in [0.3, 0.4) is 0 Å². The summed E-state index contributed by atoms with van der Waals surface area (Å²) in [5.41, 5.74) is 1.14. The highest BCUT2D eigenvalue weighted by Crippen LogP contribution is 2.47. The van der Waals surface area contributed by atoms with Crippen LogP contribution in [0.15, 0.2) is 66.4 Å². The summed E-state index contributed by atoms with van der Waals surface area (Å²) >= 11 is 0.880. The van der Waals surface area contributed by atoms with Crippen LogP contribution in [0.4, 0.5) is 0 Å². The molecular formula is C25H22N2O8S. The molecule has 36 heavy (non-hydrogen) atoms. The first-order chi connectivity index (χ1) is 17.2. The number of β-lactam (4-membered cyclic amide) rings is 1. The maximum absolute atomic E-state index is 12.9. The molecule has 4 atom stereocenters. The van der Waals surface area contributed by atoms with Gasteiger partial charge in [0.2, 0.25) is 6.10 Å². The minimum Gasteiger partial charge on any atom is -0.478 e. The number of ether oxygens (including phenoxy) is 2. The summed E-state index contributed by atoms with van der Waals surface area (Å²) < 4.78 is 10.2. The third-order valence-electron chi connectivity index (χ3n) is 5.87. The van der Waals surface area contributed by atoms with Crippen molar-refractivity contribution in [1.82, 2.24) is 10.2 Å². The van der Waals surface area contributed by atoms with E-state index in [2.05, 4.69) is 29.6 Å². The number of amides is 2. The number of thioether (sulfide) groups is 1. The quantitative estimate of drug-likeness (QED) is 0.264. The molecule has 0 bridgehead atoms. The van der Waals surface area contributed by atoms with E-state index in [-0.39, 0.29) is 12.0 Å². The van der Waals surface area contributed by atoms with Crippen molar-refractivity contribution in [2.45, 2.75) is 29.4 Å². The largest absolute Gasteiger partial charge is 0.478 e. The van der Waals surface area contributed by atoms with E-state index < -0.39 is 46.0 Å². The highest BCUT2D eigenvalue weighted by Gasteiger charge is 2.66. The first-order valence-electron chi connectivity index (χ1n) is 10.8. The second-order valence-corrected chi connectivity index (χ2v) is 9.30. The Labute approximate surface area is 210 Å². The Bertz CT molecular complexity index is 1250. The van der Waals surface area contributed by atoms with E-state index in [0.717, 1.165) is 22.9 Å². The second kappa shape index (κ2) is 9.96. The van der Waals surface area contributed by atoms with Crippen molar-refractivity contribution in [3.8, 4) is 11.1 Å². The van der Waals surface area contributed by atoms with Crippen molar-refractivity contribution in [2.75, 3.05) is 7.11 Å². The average molecular weight is 511 g/mol. The van der Waals surface area contributed by atoms with E-state index >= 15 is 0 Å². The lowest BCUT2D eigenvalue weighted by Gasteiger charge is -2.55. The molecule has 3 unspecified atom stereocenters. The molecule has 1 aromatic carbocycles. The molecule has 1 saturated heterocycles. The van der Waals surface area contributed by atoms with Gasteiger partial charge < -0.3 is 19.9 Å². The van der Waals surface area contributed by atoms with Gasteiger partial charge >= 0.3 is 5.97 Å². The average Bonchev–Trinajstić information content (AvgIpc) is 3.48. The first kappa shape index (κ1) is 25.1. The Morgan fingerprint density at radius 1 is 1.14 bits per heavy atom. The molecule has 1 aromatic rings. The van der Waals surface area contributed by atoms with E-state index in [1.807, 2.05) is 0 Å². The van der Waals surface area contributed by atoms with Crippen LogP contribution in [0.1, 0.15) is 18.6 Å². The highest BCUT2D eigenvalue weighted by atomic mass is 32.2. The number of methoxy groups -OCH3 is 1. The van der Waals surface area contributed by atoms with Crippen LogP contribution in [0.2, 0.25) is 0 Å². The number of hydrogen-bond donors (Lipinski definition) is 2. The third kappa shape index (κ3) is 4.50. The smallest absolute Gasteiger partial charge is 0.334 e. The van der Waals surface area contributed by atoms with E-state index in [4.69, 9.17) is 9.47 Å². The van der Waals surface area contributed by atoms with Crippen LogP contribution in [0.5, 0.6) is 0 Å². The first-order valence-corrected chi connectivity index (χ1v) is 11.7. The van der Waals surface area contributed by atoms with Crippen LogP contribution in [-0.4, -0.2) is 63.5 Å². The van der Waals surface area contributed by atoms with Crippen molar-refractivity contribution < 1.29 is 38.6 Å². The number of rotatable bonds is 8. The van der Waals surface area contributed by atoms with Gasteiger partial charge in [0.25, 0.3) is 24.0 Å². The summed E-state index contributed by atoms with van der Waals surface area (Å²) in [5, 5.41) is 9.88. The molecule has 0 radical (unpaired) electrons. The number of benzene rings is 2. The fourth-order valence-electron chi connectivity index (χ4n) is 3.98. The van der Waals surface area contributed by atoms with Gasteiger partial charge in [0.15, 0.2) is 0 Å². The third-order valence-corrected chi connectivity index (χ3v) is 7.54. The summed E-state index contributed by atoms with van der Waals surface area (Å²) in [6.45, 7) is 1.36. The van der Waals surface area contributed by atoms with Gasteiger partial charge in [-0.15, -0.1) is 11.8 Å². The molecule has 2 N–H and O–H groups in total. The Kier molecular flexibility index (Phi) is 6.95. The number of carbonyl (C=O) groups excluding carboxylic acids is 4. The van der Waals surface area contributed by atoms with Gasteiger partial charge in [0.1, 0.15) is 11.2 Å². The predicted octanol–water partition coefficient (Wildman–Crippen LogP) is 1.87.